The van der Waals surface area contributed by atoms with Gasteiger partial charge >= 0.3 is 11.9 Å². The largest absolute Gasteiger partial charge is 0.466 e. The Morgan fingerprint density at radius 2 is 1.38 bits per heavy atom. The highest BCUT2D eigenvalue weighted by Crippen LogP contribution is 2.28. The van der Waals surface area contributed by atoms with Crippen LogP contribution in [0.4, 0.5) is 5.69 Å². The number of hydrogen-bond acceptors (Lipinski definition) is 12. The van der Waals surface area contributed by atoms with Crippen LogP contribution in [-0.4, -0.2) is 93.1 Å². The number of carbonyl (C=O) groups excluding carboxylic acids is 4. The SMILES string of the molecule is CCOC(=O)[C@H]1CCCN(N)C1.CCOC(=O)[C@H]1CCCN(Nc2c(C(N)=O)cnc3[nH]ccc23)C1.Cl.NC(=O)c1cnc2[nH]ccc2c1Cl. The lowest BCUT2D eigenvalue weighted by atomic mass is 9.99. The average molecular weight is 736 g/mol. The molecule has 0 saturated carbocycles. The van der Waals surface area contributed by atoms with Crippen molar-refractivity contribution in [2.75, 3.05) is 44.8 Å². The fourth-order valence-corrected chi connectivity index (χ4v) is 5.91. The topological polar surface area (TPSA) is 241 Å². The van der Waals surface area contributed by atoms with Crippen LogP contribution in [0.15, 0.2) is 36.9 Å². The second-order valence-corrected chi connectivity index (χ2v) is 11.9. The molecule has 0 bridgehead atoms. The summed E-state index contributed by atoms with van der Waals surface area (Å²) in [5.41, 5.74) is 16.3. The minimum Gasteiger partial charge on any atom is -0.466 e. The third kappa shape index (κ3) is 10.3. The number of carbonyl (C=O) groups is 4. The molecule has 6 heterocycles. The van der Waals surface area contributed by atoms with E-state index in [4.69, 9.17) is 38.4 Å². The minimum atomic E-state index is -0.569. The Labute approximate surface area is 300 Å². The zero-order chi connectivity index (χ0) is 35.5. The number of hydrogen-bond donors (Lipinski definition) is 6. The number of aromatic amines is 2. The highest BCUT2D eigenvalue weighted by Gasteiger charge is 2.28. The molecule has 16 nitrogen and oxygen atoms in total. The first-order chi connectivity index (χ1) is 23.5. The molecule has 6 rings (SSSR count). The lowest BCUT2D eigenvalue weighted by molar-refractivity contribution is -0.150. The number of esters is 2. The van der Waals surface area contributed by atoms with Gasteiger partial charge in [0.05, 0.1) is 46.9 Å². The minimum absolute atomic E-state index is 0. The Morgan fingerprint density at radius 3 is 1.94 bits per heavy atom. The summed E-state index contributed by atoms with van der Waals surface area (Å²) >= 11 is 5.92. The van der Waals surface area contributed by atoms with Crippen LogP contribution in [0.25, 0.3) is 22.1 Å². The molecule has 0 unspecified atom stereocenters. The molecular weight excluding hydrogens is 691 g/mol. The molecule has 0 aromatic carbocycles. The zero-order valence-corrected chi connectivity index (χ0v) is 29.5. The van der Waals surface area contributed by atoms with E-state index in [1.54, 1.807) is 30.4 Å². The Bertz CT molecular complexity index is 1770. The molecular formula is C32H44Cl2N10O6. The van der Waals surface area contributed by atoms with Crippen molar-refractivity contribution < 1.29 is 28.7 Å². The van der Waals surface area contributed by atoms with Gasteiger partial charge in [0.2, 0.25) is 0 Å². The molecule has 272 valence electrons. The predicted molar refractivity (Wildman–Crippen MR) is 191 cm³/mol. The summed E-state index contributed by atoms with van der Waals surface area (Å²) in [5.74, 6) is 4.00. The molecule has 50 heavy (non-hydrogen) atoms. The van der Waals surface area contributed by atoms with Crippen LogP contribution in [0, 0.1) is 11.8 Å². The molecule has 0 aliphatic carbocycles. The van der Waals surface area contributed by atoms with E-state index in [0.29, 0.717) is 59.3 Å². The van der Waals surface area contributed by atoms with E-state index in [0.717, 1.165) is 44.2 Å². The van der Waals surface area contributed by atoms with Gasteiger partial charge in [-0.05, 0) is 51.7 Å². The number of pyridine rings is 2. The highest BCUT2D eigenvalue weighted by molar-refractivity contribution is 6.38. The van der Waals surface area contributed by atoms with Gasteiger partial charge in [-0.25, -0.2) is 20.0 Å². The van der Waals surface area contributed by atoms with E-state index in [1.165, 1.54) is 12.4 Å². The van der Waals surface area contributed by atoms with Crippen molar-refractivity contribution in [1.29, 1.82) is 0 Å². The fourth-order valence-electron chi connectivity index (χ4n) is 5.61. The second kappa shape index (κ2) is 19.1. The first kappa shape index (κ1) is 40.0. The molecule has 2 aliphatic rings. The number of nitrogens with two attached hydrogens (primary N) is 3. The standard InChI is InChI=1S/C16H21N5O3.C8H6ClN3O.C8H16N2O2.ClH/c1-2-24-16(23)10-4-3-7-21(9-10)20-13-11-5-6-18-15(11)19-8-12(13)14(17)22;9-6-4-1-2-11-8(4)12-3-5(6)7(10)13;1-2-12-8(11)7-4-3-5-10(9)6-7;/h5-6,8,10H,2-4,7,9H2,1H3,(H2,17,22)(H2,18,19,20);1-3H,(H2,10,13)(H,11,12);7H,2-6,9H2,1H3;1H/t10-;;7-;/m0.0./s1. The van der Waals surface area contributed by atoms with Crippen LogP contribution < -0.4 is 22.7 Å². The Balaban J connectivity index is 0.000000220. The van der Waals surface area contributed by atoms with Crippen LogP contribution in [0.5, 0.6) is 0 Å². The van der Waals surface area contributed by atoms with Crippen molar-refractivity contribution in [3.63, 3.8) is 0 Å². The van der Waals surface area contributed by atoms with Crippen molar-refractivity contribution in [2.45, 2.75) is 39.5 Å². The number of rotatable bonds is 8. The third-order valence-corrected chi connectivity index (χ3v) is 8.43. The Morgan fingerprint density at radius 1 is 0.860 bits per heavy atom. The van der Waals surface area contributed by atoms with Gasteiger partial charge in [0.1, 0.15) is 11.3 Å². The monoisotopic (exact) mass is 734 g/mol. The maximum atomic E-state index is 12.0. The number of primary amides is 2. The molecule has 2 amide bonds. The summed E-state index contributed by atoms with van der Waals surface area (Å²) in [6, 6.07) is 3.58. The quantitative estimate of drug-likeness (QED) is 0.113. The molecule has 4 aromatic rings. The maximum absolute atomic E-state index is 12.0. The summed E-state index contributed by atoms with van der Waals surface area (Å²) in [7, 11) is 0. The lowest BCUT2D eigenvalue weighted by Crippen LogP contribution is -2.43. The van der Waals surface area contributed by atoms with Gasteiger partial charge in [-0.15, -0.1) is 12.4 Å². The van der Waals surface area contributed by atoms with Gasteiger partial charge in [0, 0.05) is 61.7 Å². The second-order valence-electron chi connectivity index (χ2n) is 11.5. The molecule has 2 aliphatic heterocycles. The van der Waals surface area contributed by atoms with E-state index in [2.05, 4.69) is 25.4 Å². The normalized spacial score (nSPS) is 17.7. The maximum Gasteiger partial charge on any atom is 0.310 e. The smallest absolute Gasteiger partial charge is 0.310 e. The number of aromatic nitrogens is 4. The zero-order valence-electron chi connectivity index (χ0n) is 27.9. The van der Waals surface area contributed by atoms with E-state index in [-0.39, 0.29) is 41.7 Å². The predicted octanol–water partition coefficient (Wildman–Crippen LogP) is 3.14. The van der Waals surface area contributed by atoms with Gasteiger partial charge in [0.15, 0.2) is 0 Å². The summed E-state index contributed by atoms with van der Waals surface area (Å²) in [6.07, 6.45) is 9.84. The van der Waals surface area contributed by atoms with Gasteiger partial charge in [-0.2, -0.15) is 0 Å². The first-order valence-electron chi connectivity index (χ1n) is 16.1. The molecule has 2 fully saturated rings. The number of nitrogens with zero attached hydrogens (tertiary/aromatic N) is 4. The molecule has 18 heteroatoms. The number of halogens is 2. The van der Waals surface area contributed by atoms with Crippen molar-refractivity contribution in [2.24, 2.45) is 29.1 Å². The van der Waals surface area contributed by atoms with E-state index in [9.17, 15) is 19.2 Å². The lowest BCUT2D eigenvalue weighted by Gasteiger charge is -2.32. The van der Waals surface area contributed by atoms with Crippen molar-refractivity contribution >= 4 is 75.5 Å². The summed E-state index contributed by atoms with van der Waals surface area (Å²) in [4.78, 5) is 59.9. The molecule has 2 saturated heterocycles. The van der Waals surface area contributed by atoms with Crippen molar-refractivity contribution in [3.8, 4) is 0 Å². The van der Waals surface area contributed by atoms with E-state index < -0.39 is 11.8 Å². The fraction of sp³-hybridized carbons (Fsp3) is 0.438. The van der Waals surface area contributed by atoms with Gasteiger partial charge in [-0.3, -0.25) is 25.0 Å². The Hall–Kier alpha value is -4.48. The molecule has 0 spiro atoms. The van der Waals surface area contributed by atoms with Gasteiger partial charge in [0.25, 0.3) is 11.8 Å². The van der Waals surface area contributed by atoms with Crippen LogP contribution in [0.3, 0.4) is 0 Å². The summed E-state index contributed by atoms with van der Waals surface area (Å²) < 4.78 is 10.0. The number of fused-ring (bicyclic) bond motifs is 2. The molecule has 9 N–H and O–H groups in total. The number of anilines is 1. The molecule has 4 aromatic heterocycles. The molecule has 2 atom stereocenters. The van der Waals surface area contributed by atoms with Gasteiger partial charge in [-0.1, -0.05) is 11.6 Å². The number of piperidine rings is 2. The first-order valence-corrected chi connectivity index (χ1v) is 16.4. The van der Waals surface area contributed by atoms with Crippen LogP contribution in [0.1, 0.15) is 60.2 Å². The van der Waals surface area contributed by atoms with E-state index in [1.807, 2.05) is 18.0 Å². The van der Waals surface area contributed by atoms with E-state index >= 15 is 0 Å². The van der Waals surface area contributed by atoms with Crippen LogP contribution >= 0.6 is 24.0 Å². The third-order valence-electron chi connectivity index (χ3n) is 8.02. The number of nitrogens with one attached hydrogen (secondary N) is 3. The van der Waals surface area contributed by atoms with Crippen LogP contribution in [0.2, 0.25) is 5.02 Å². The van der Waals surface area contributed by atoms with Crippen LogP contribution in [-0.2, 0) is 19.1 Å². The van der Waals surface area contributed by atoms with Gasteiger partial charge < -0.3 is 36.3 Å². The number of H-pyrrole nitrogens is 2. The summed E-state index contributed by atoms with van der Waals surface area (Å²) in [6.45, 7) is 7.27. The van der Waals surface area contributed by atoms with Crippen molar-refractivity contribution in [1.82, 2.24) is 30.0 Å². The highest BCUT2D eigenvalue weighted by atomic mass is 35.5. The average Bonchev–Trinajstić information content (AvgIpc) is 3.77. The number of hydrazine groups is 2. The summed E-state index contributed by atoms with van der Waals surface area (Å²) in [5, 5.41) is 5.45. The van der Waals surface area contributed by atoms with Crippen molar-refractivity contribution in [3.05, 3.63) is 53.1 Å². The molecule has 0 radical (unpaired) electrons. The number of ether oxygens (including phenoxy) is 2. The number of amides is 2. The Kier molecular flexibility index (Phi) is 15.2.